The molecule has 102 valence electrons. The number of nitrogens with one attached hydrogen (secondary N) is 2. The van der Waals surface area contributed by atoms with Crippen LogP contribution in [-0.4, -0.2) is 16.9 Å². The van der Waals surface area contributed by atoms with Crippen LogP contribution in [0.15, 0.2) is 24.3 Å². The van der Waals surface area contributed by atoms with E-state index in [0.29, 0.717) is 16.8 Å². The number of carbonyl (C=O) groups excluding carboxylic acids is 1. The molecule has 0 heterocycles. The summed E-state index contributed by atoms with van der Waals surface area (Å²) in [7, 11) is 0. The Hall–Kier alpha value is -1.13. The highest BCUT2D eigenvalue weighted by molar-refractivity contribution is 7.82. The van der Waals surface area contributed by atoms with Gasteiger partial charge < -0.3 is 10.6 Å². The van der Waals surface area contributed by atoms with Crippen molar-refractivity contribution in [2.45, 2.75) is 38.1 Å². The van der Waals surface area contributed by atoms with E-state index >= 15 is 0 Å². The van der Waals surface area contributed by atoms with Crippen molar-refractivity contribution in [3.63, 3.8) is 0 Å². The maximum absolute atomic E-state index is 11.9. The van der Waals surface area contributed by atoms with Gasteiger partial charge in [-0.3, -0.25) is 4.79 Å². The van der Waals surface area contributed by atoms with Crippen molar-refractivity contribution in [3.05, 3.63) is 29.3 Å². The van der Waals surface area contributed by atoms with Crippen molar-refractivity contribution in [3.8, 4) is 0 Å². The van der Waals surface area contributed by atoms with Crippen molar-refractivity contribution >= 4 is 40.4 Å². The largest absolute Gasteiger partial charge is 0.369 e. The molecule has 2 N–H and O–H groups in total. The van der Waals surface area contributed by atoms with Gasteiger partial charge in [-0.25, -0.2) is 0 Å². The Labute approximate surface area is 123 Å². The van der Waals surface area contributed by atoms with Crippen LogP contribution >= 0.6 is 23.8 Å². The van der Waals surface area contributed by atoms with Crippen LogP contribution in [0.1, 0.15) is 32.1 Å². The van der Waals surface area contributed by atoms with Crippen molar-refractivity contribution in [1.82, 2.24) is 5.32 Å². The zero-order valence-electron chi connectivity index (χ0n) is 10.6. The van der Waals surface area contributed by atoms with Gasteiger partial charge in [0, 0.05) is 16.8 Å². The maximum Gasteiger partial charge on any atom is 0.283 e. The average molecular weight is 297 g/mol. The van der Waals surface area contributed by atoms with Crippen molar-refractivity contribution in [2.24, 2.45) is 0 Å². The molecule has 1 aromatic rings. The molecule has 0 atom stereocenters. The fraction of sp³-hybridized carbons (Fsp3) is 0.429. The van der Waals surface area contributed by atoms with E-state index < -0.39 is 0 Å². The molecule has 1 aromatic carbocycles. The summed E-state index contributed by atoms with van der Waals surface area (Å²) < 4.78 is 0. The molecule has 0 aliphatic heterocycles. The van der Waals surface area contributed by atoms with Crippen molar-refractivity contribution in [2.75, 3.05) is 5.32 Å². The SMILES string of the molecule is O=C(Nc1ccc(Cl)cc1)C(=S)NC1CCCCC1. The van der Waals surface area contributed by atoms with Crippen molar-refractivity contribution < 1.29 is 4.79 Å². The third kappa shape index (κ3) is 4.48. The Morgan fingerprint density at radius 3 is 2.42 bits per heavy atom. The van der Waals surface area contributed by atoms with Crippen molar-refractivity contribution in [1.29, 1.82) is 0 Å². The van der Waals surface area contributed by atoms with E-state index in [4.69, 9.17) is 23.8 Å². The van der Waals surface area contributed by atoms with E-state index in [1.165, 1.54) is 19.3 Å². The Morgan fingerprint density at radius 1 is 1.16 bits per heavy atom. The maximum atomic E-state index is 11.9. The van der Waals surface area contributed by atoms with Crippen LogP contribution in [0.5, 0.6) is 0 Å². The van der Waals surface area contributed by atoms with Crippen LogP contribution in [0.2, 0.25) is 5.02 Å². The second-order valence-electron chi connectivity index (χ2n) is 4.77. The number of benzene rings is 1. The monoisotopic (exact) mass is 296 g/mol. The van der Waals surface area contributed by atoms with Gasteiger partial charge in [0.25, 0.3) is 5.91 Å². The quantitative estimate of drug-likeness (QED) is 0.820. The first-order chi connectivity index (χ1) is 9.15. The molecule has 1 aliphatic carbocycles. The van der Waals surface area contributed by atoms with E-state index in [2.05, 4.69) is 10.6 Å². The van der Waals surface area contributed by atoms with E-state index in [0.717, 1.165) is 12.8 Å². The topological polar surface area (TPSA) is 41.1 Å². The molecule has 3 nitrogen and oxygen atoms in total. The van der Waals surface area contributed by atoms with E-state index in [9.17, 15) is 4.79 Å². The lowest BCUT2D eigenvalue weighted by atomic mass is 9.95. The predicted octanol–water partition coefficient (Wildman–Crippen LogP) is 3.53. The highest BCUT2D eigenvalue weighted by Crippen LogP contribution is 2.17. The summed E-state index contributed by atoms with van der Waals surface area (Å²) in [5.74, 6) is -0.261. The molecule has 2 rings (SSSR count). The summed E-state index contributed by atoms with van der Waals surface area (Å²) in [6.45, 7) is 0. The molecular weight excluding hydrogens is 280 g/mol. The standard InChI is InChI=1S/C14H17ClN2OS/c15-10-6-8-12(9-7-10)16-13(18)14(19)17-11-4-2-1-3-5-11/h6-9,11H,1-5H2,(H,16,18)(H,17,19). The van der Waals surface area contributed by atoms with Crippen LogP contribution in [-0.2, 0) is 4.79 Å². The number of anilines is 1. The van der Waals surface area contributed by atoms with E-state index in [1.807, 2.05) is 0 Å². The number of rotatable bonds is 2. The van der Waals surface area contributed by atoms with Crippen LogP contribution in [0.3, 0.4) is 0 Å². The lowest BCUT2D eigenvalue weighted by molar-refractivity contribution is -0.110. The van der Waals surface area contributed by atoms with Gasteiger partial charge in [-0.2, -0.15) is 0 Å². The fourth-order valence-electron chi connectivity index (χ4n) is 2.22. The van der Waals surface area contributed by atoms with Crippen LogP contribution in [0, 0.1) is 0 Å². The molecule has 1 amide bonds. The third-order valence-corrected chi connectivity index (χ3v) is 3.80. The molecule has 0 bridgehead atoms. The summed E-state index contributed by atoms with van der Waals surface area (Å²) >= 11 is 10.9. The summed E-state index contributed by atoms with van der Waals surface area (Å²) in [5.41, 5.74) is 0.696. The molecule has 0 aromatic heterocycles. The number of halogens is 1. The number of thiocarbonyl (C=S) groups is 1. The van der Waals surface area contributed by atoms with Gasteiger partial charge in [0.05, 0.1) is 0 Å². The Bertz CT molecular complexity index is 455. The number of carbonyl (C=O) groups is 1. The van der Waals surface area contributed by atoms with E-state index in [-0.39, 0.29) is 10.9 Å². The highest BCUT2D eigenvalue weighted by atomic mass is 35.5. The minimum atomic E-state index is -0.261. The first-order valence-electron chi connectivity index (χ1n) is 6.52. The summed E-state index contributed by atoms with van der Waals surface area (Å²) in [4.78, 5) is 12.2. The lowest BCUT2D eigenvalue weighted by Gasteiger charge is -2.23. The zero-order valence-corrected chi connectivity index (χ0v) is 12.2. The molecule has 19 heavy (non-hydrogen) atoms. The number of hydrogen-bond acceptors (Lipinski definition) is 2. The molecule has 0 unspecified atom stereocenters. The Balaban J connectivity index is 1.84. The third-order valence-electron chi connectivity index (χ3n) is 3.25. The molecule has 5 heteroatoms. The number of hydrogen-bond donors (Lipinski definition) is 2. The molecule has 0 spiro atoms. The average Bonchev–Trinajstić information content (AvgIpc) is 2.42. The zero-order chi connectivity index (χ0) is 13.7. The highest BCUT2D eigenvalue weighted by Gasteiger charge is 2.17. The van der Waals surface area contributed by atoms with Gasteiger partial charge in [0.2, 0.25) is 0 Å². The first kappa shape index (κ1) is 14.3. The van der Waals surface area contributed by atoms with Gasteiger partial charge in [-0.05, 0) is 37.1 Å². The Kier molecular flexibility index (Phi) is 5.16. The molecule has 0 saturated heterocycles. The summed E-state index contributed by atoms with van der Waals surface area (Å²) in [6, 6.07) is 7.31. The van der Waals surface area contributed by atoms with Gasteiger partial charge in [0.15, 0.2) is 4.99 Å². The minimum Gasteiger partial charge on any atom is -0.369 e. The van der Waals surface area contributed by atoms with Gasteiger partial charge in [0.1, 0.15) is 0 Å². The fourth-order valence-corrected chi connectivity index (χ4v) is 2.56. The second kappa shape index (κ2) is 6.87. The molecular formula is C14H17ClN2OS. The normalized spacial score (nSPS) is 15.8. The van der Waals surface area contributed by atoms with Crippen LogP contribution in [0.25, 0.3) is 0 Å². The predicted molar refractivity (Wildman–Crippen MR) is 82.7 cm³/mol. The van der Waals surface area contributed by atoms with E-state index in [1.54, 1.807) is 24.3 Å². The smallest absolute Gasteiger partial charge is 0.283 e. The molecule has 1 saturated carbocycles. The van der Waals surface area contributed by atoms with Crippen LogP contribution < -0.4 is 10.6 Å². The van der Waals surface area contributed by atoms with Gasteiger partial charge in [-0.1, -0.05) is 43.1 Å². The second-order valence-corrected chi connectivity index (χ2v) is 5.61. The minimum absolute atomic E-state index is 0.261. The molecule has 1 aliphatic rings. The summed E-state index contributed by atoms with van der Waals surface area (Å²) in [5, 5.41) is 6.54. The first-order valence-corrected chi connectivity index (χ1v) is 7.31. The Morgan fingerprint density at radius 2 is 1.79 bits per heavy atom. The number of amides is 1. The summed E-state index contributed by atoms with van der Waals surface area (Å²) in [6.07, 6.45) is 5.88. The van der Waals surface area contributed by atoms with Gasteiger partial charge in [-0.15, -0.1) is 0 Å². The van der Waals surface area contributed by atoms with Crippen LogP contribution in [0.4, 0.5) is 5.69 Å². The lowest BCUT2D eigenvalue weighted by Crippen LogP contribution is -2.41. The van der Waals surface area contributed by atoms with Gasteiger partial charge >= 0.3 is 0 Å². The molecule has 0 radical (unpaired) electrons. The molecule has 1 fully saturated rings.